The lowest BCUT2D eigenvalue weighted by Crippen LogP contribution is -2.33. The van der Waals surface area contributed by atoms with E-state index in [1.165, 1.54) is 45.2 Å². The molecule has 2 aliphatic carbocycles. The first kappa shape index (κ1) is 13.1. The molecule has 1 saturated carbocycles. The van der Waals surface area contributed by atoms with E-state index in [9.17, 15) is 0 Å². The molecule has 1 N–H and O–H groups in total. The number of fused-ring (bicyclic) bond motifs is 1. The van der Waals surface area contributed by atoms with Gasteiger partial charge in [-0.25, -0.2) is 0 Å². The smallest absolute Gasteiger partial charge is 0.0104 e. The molecule has 0 aromatic heterocycles. The fourth-order valence-corrected chi connectivity index (χ4v) is 3.26. The van der Waals surface area contributed by atoms with Crippen molar-refractivity contribution in [1.29, 1.82) is 0 Å². The number of rotatable bonds is 6. The van der Waals surface area contributed by atoms with Crippen LogP contribution in [0.3, 0.4) is 0 Å². The van der Waals surface area contributed by atoms with E-state index in [4.69, 9.17) is 0 Å². The minimum absolute atomic E-state index is 0.746. The lowest BCUT2D eigenvalue weighted by Gasteiger charge is -2.29. The third kappa shape index (κ3) is 3.58. The van der Waals surface area contributed by atoms with Gasteiger partial charge in [0.1, 0.15) is 0 Å². The molecular weight excluding hydrogens is 232 g/mol. The molecule has 1 atom stereocenters. The molecule has 2 aliphatic rings. The molecule has 0 amide bonds. The van der Waals surface area contributed by atoms with Gasteiger partial charge >= 0.3 is 0 Å². The lowest BCUT2D eigenvalue weighted by atomic mass is 9.82. The van der Waals surface area contributed by atoms with Crippen LogP contribution >= 0.6 is 0 Å². The van der Waals surface area contributed by atoms with E-state index >= 15 is 0 Å². The van der Waals surface area contributed by atoms with E-state index in [2.05, 4.69) is 41.5 Å². The molecule has 19 heavy (non-hydrogen) atoms. The molecule has 2 heteroatoms. The summed E-state index contributed by atoms with van der Waals surface area (Å²) in [6, 6.07) is 9.88. The van der Waals surface area contributed by atoms with Crippen LogP contribution in [0, 0.1) is 0 Å². The lowest BCUT2D eigenvalue weighted by molar-refractivity contribution is 0.296. The highest BCUT2D eigenvalue weighted by Crippen LogP contribution is 2.31. The van der Waals surface area contributed by atoms with E-state index in [-0.39, 0.29) is 0 Å². The number of benzene rings is 1. The topological polar surface area (TPSA) is 15.3 Å². The van der Waals surface area contributed by atoms with Crippen molar-refractivity contribution in [2.75, 3.05) is 26.7 Å². The number of nitrogens with zero attached hydrogens (tertiary/aromatic N) is 1. The second-order valence-corrected chi connectivity index (χ2v) is 6.28. The average molecular weight is 258 g/mol. The van der Waals surface area contributed by atoms with Gasteiger partial charge in [-0.3, -0.25) is 0 Å². The molecular formula is C17H26N2. The number of hydrogen-bond donors (Lipinski definition) is 1. The van der Waals surface area contributed by atoms with Crippen molar-refractivity contribution >= 4 is 0 Å². The molecule has 1 aromatic carbocycles. The zero-order valence-electron chi connectivity index (χ0n) is 12.1. The Labute approximate surface area is 117 Å². The van der Waals surface area contributed by atoms with Gasteiger partial charge in [0.25, 0.3) is 0 Å². The van der Waals surface area contributed by atoms with Crippen molar-refractivity contribution in [3.05, 3.63) is 35.4 Å². The van der Waals surface area contributed by atoms with Gasteiger partial charge in [0.2, 0.25) is 0 Å². The average Bonchev–Trinajstić information content (AvgIpc) is 3.23. The minimum atomic E-state index is 0.746. The summed E-state index contributed by atoms with van der Waals surface area (Å²) in [4.78, 5) is 2.50. The number of likely N-dealkylation sites (N-methyl/N-ethyl adjacent to an activating group) is 1. The van der Waals surface area contributed by atoms with Crippen molar-refractivity contribution in [1.82, 2.24) is 10.2 Å². The van der Waals surface area contributed by atoms with Crippen LogP contribution in [0.4, 0.5) is 0 Å². The van der Waals surface area contributed by atoms with Crippen LogP contribution in [0.5, 0.6) is 0 Å². The summed E-state index contributed by atoms with van der Waals surface area (Å²) in [6.07, 6.45) is 6.77. The Morgan fingerprint density at radius 1 is 1.21 bits per heavy atom. The highest BCUT2D eigenvalue weighted by atomic mass is 15.1. The van der Waals surface area contributed by atoms with E-state index < -0.39 is 0 Å². The Kier molecular flexibility index (Phi) is 4.19. The number of hydrogen-bond acceptors (Lipinski definition) is 2. The van der Waals surface area contributed by atoms with Crippen LogP contribution in [0.1, 0.15) is 42.7 Å². The molecule has 0 saturated heterocycles. The van der Waals surface area contributed by atoms with Gasteiger partial charge < -0.3 is 10.2 Å². The van der Waals surface area contributed by atoms with E-state index in [1.807, 2.05) is 0 Å². The Morgan fingerprint density at radius 3 is 2.89 bits per heavy atom. The van der Waals surface area contributed by atoms with Crippen molar-refractivity contribution < 1.29 is 0 Å². The summed E-state index contributed by atoms with van der Waals surface area (Å²) in [5.41, 5.74) is 3.19. The first-order valence-electron chi connectivity index (χ1n) is 7.82. The third-order valence-electron chi connectivity index (χ3n) is 4.53. The van der Waals surface area contributed by atoms with Gasteiger partial charge in [-0.15, -0.1) is 0 Å². The maximum absolute atomic E-state index is 3.60. The monoisotopic (exact) mass is 258 g/mol. The molecule has 1 aromatic rings. The van der Waals surface area contributed by atoms with Crippen molar-refractivity contribution in [3.63, 3.8) is 0 Å². The molecule has 0 aliphatic heterocycles. The van der Waals surface area contributed by atoms with Crippen molar-refractivity contribution in [3.8, 4) is 0 Å². The molecule has 0 radical (unpaired) electrons. The Balaban J connectivity index is 1.51. The molecule has 104 valence electrons. The molecule has 3 rings (SSSR count). The Hall–Kier alpha value is -0.860. The highest BCUT2D eigenvalue weighted by Gasteiger charge is 2.22. The predicted molar refractivity (Wildman–Crippen MR) is 80.6 cm³/mol. The Morgan fingerprint density at radius 2 is 2.05 bits per heavy atom. The summed E-state index contributed by atoms with van der Waals surface area (Å²) in [7, 11) is 2.27. The van der Waals surface area contributed by atoms with Crippen LogP contribution in [0.2, 0.25) is 0 Å². The second kappa shape index (κ2) is 6.06. The fraction of sp³-hybridized carbons (Fsp3) is 0.647. The van der Waals surface area contributed by atoms with Crippen LogP contribution in [0.15, 0.2) is 24.3 Å². The zero-order chi connectivity index (χ0) is 13.1. The zero-order valence-corrected chi connectivity index (χ0v) is 12.1. The van der Waals surface area contributed by atoms with Crippen LogP contribution < -0.4 is 5.32 Å². The predicted octanol–water partition coefficient (Wildman–Crippen LogP) is 2.79. The van der Waals surface area contributed by atoms with Gasteiger partial charge in [-0.2, -0.15) is 0 Å². The standard InChI is InChI=1S/C17H26N2/c1-19(12-11-18-16-9-10-16)13-15-7-4-6-14-5-2-3-8-17(14)15/h2-3,5,8,15-16,18H,4,6-7,9-13H2,1H3. The maximum atomic E-state index is 3.60. The fourth-order valence-electron chi connectivity index (χ4n) is 3.26. The quantitative estimate of drug-likeness (QED) is 0.844. The summed E-state index contributed by atoms with van der Waals surface area (Å²) < 4.78 is 0. The van der Waals surface area contributed by atoms with Crippen molar-refractivity contribution in [2.24, 2.45) is 0 Å². The number of nitrogens with one attached hydrogen (secondary N) is 1. The highest BCUT2D eigenvalue weighted by molar-refractivity contribution is 5.32. The van der Waals surface area contributed by atoms with Crippen LogP contribution in [0.25, 0.3) is 0 Å². The summed E-state index contributed by atoms with van der Waals surface area (Å²) >= 11 is 0. The molecule has 1 fully saturated rings. The van der Waals surface area contributed by atoms with Crippen LogP contribution in [-0.4, -0.2) is 37.6 Å². The summed E-state index contributed by atoms with van der Waals surface area (Å²) in [6.45, 7) is 3.54. The first-order valence-corrected chi connectivity index (χ1v) is 7.82. The Bertz CT molecular complexity index is 411. The number of aryl methyl sites for hydroxylation is 1. The minimum Gasteiger partial charge on any atom is -0.313 e. The SMILES string of the molecule is CN(CCNC1CC1)CC1CCCc2ccccc21. The van der Waals surface area contributed by atoms with E-state index in [0.717, 1.165) is 18.5 Å². The van der Waals surface area contributed by atoms with Gasteiger partial charge in [0, 0.05) is 25.7 Å². The van der Waals surface area contributed by atoms with E-state index in [1.54, 1.807) is 11.1 Å². The van der Waals surface area contributed by atoms with Gasteiger partial charge in [0.15, 0.2) is 0 Å². The van der Waals surface area contributed by atoms with E-state index in [0.29, 0.717) is 0 Å². The molecule has 2 nitrogen and oxygen atoms in total. The largest absolute Gasteiger partial charge is 0.313 e. The molecule has 0 bridgehead atoms. The molecule has 0 heterocycles. The van der Waals surface area contributed by atoms with Gasteiger partial charge in [0.05, 0.1) is 0 Å². The van der Waals surface area contributed by atoms with Crippen LogP contribution in [-0.2, 0) is 6.42 Å². The third-order valence-corrected chi connectivity index (χ3v) is 4.53. The van der Waals surface area contributed by atoms with Crippen molar-refractivity contribution in [2.45, 2.75) is 44.1 Å². The summed E-state index contributed by atoms with van der Waals surface area (Å²) in [5, 5.41) is 3.60. The summed E-state index contributed by atoms with van der Waals surface area (Å²) in [5.74, 6) is 0.746. The maximum Gasteiger partial charge on any atom is 0.0104 e. The molecule has 1 unspecified atom stereocenters. The van der Waals surface area contributed by atoms with Gasteiger partial charge in [-0.1, -0.05) is 24.3 Å². The molecule has 0 spiro atoms. The first-order chi connectivity index (χ1) is 9.33. The second-order valence-electron chi connectivity index (χ2n) is 6.28. The van der Waals surface area contributed by atoms with Gasteiger partial charge in [-0.05, 0) is 56.2 Å². The normalized spacial score (nSPS) is 22.5.